The molecule has 0 spiro atoms. The molecule has 0 saturated heterocycles. The highest BCUT2D eigenvalue weighted by molar-refractivity contribution is 6.48. The van der Waals surface area contributed by atoms with Gasteiger partial charge >= 0.3 is 0 Å². The molecule has 5 heteroatoms. The van der Waals surface area contributed by atoms with Gasteiger partial charge in [-0.05, 0) is 24.3 Å². The lowest BCUT2D eigenvalue weighted by atomic mass is 10.0. The normalized spacial score (nSPS) is 10.3. The molecule has 0 radical (unpaired) electrons. The second-order valence-electron chi connectivity index (χ2n) is 5.10. The number of aromatic nitrogens is 1. The van der Waals surface area contributed by atoms with E-state index >= 15 is 0 Å². The molecule has 0 saturated carbocycles. The summed E-state index contributed by atoms with van der Waals surface area (Å²) in [4.78, 5) is 39.9. The minimum Gasteiger partial charge on any atom is -0.326 e. The van der Waals surface area contributed by atoms with Crippen LogP contribution in [0.2, 0.25) is 0 Å². The van der Waals surface area contributed by atoms with E-state index in [0.717, 1.165) is 0 Å². The van der Waals surface area contributed by atoms with Crippen LogP contribution >= 0.6 is 0 Å². The van der Waals surface area contributed by atoms with Crippen LogP contribution in [0.1, 0.15) is 34.7 Å². The number of anilines is 1. The highest BCUT2D eigenvalue weighted by atomic mass is 16.2. The van der Waals surface area contributed by atoms with Crippen LogP contribution in [0.15, 0.2) is 48.7 Å². The Bertz CT molecular complexity index is 709. The average molecular weight is 296 g/mol. The average Bonchev–Trinajstić information content (AvgIpc) is 2.54. The van der Waals surface area contributed by atoms with Crippen LogP contribution in [-0.2, 0) is 4.79 Å². The monoisotopic (exact) mass is 296 g/mol. The van der Waals surface area contributed by atoms with E-state index in [1.165, 1.54) is 24.4 Å². The Balaban J connectivity index is 2.20. The molecule has 1 heterocycles. The molecule has 0 aliphatic heterocycles. The number of amides is 1. The zero-order chi connectivity index (χ0) is 16.1. The fraction of sp³-hybridized carbons (Fsp3) is 0.176. The molecule has 0 aliphatic carbocycles. The van der Waals surface area contributed by atoms with Gasteiger partial charge in [0.1, 0.15) is 5.69 Å². The number of nitrogens with zero attached hydrogens (tertiary/aromatic N) is 1. The summed E-state index contributed by atoms with van der Waals surface area (Å²) in [6, 6.07) is 11.1. The Morgan fingerprint density at radius 1 is 1.00 bits per heavy atom. The second kappa shape index (κ2) is 6.76. The van der Waals surface area contributed by atoms with Gasteiger partial charge in [-0.1, -0.05) is 32.0 Å². The van der Waals surface area contributed by atoms with E-state index in [4.69, 9.17) is 0 Å². The molecule has 5 nitrogen and oxygen atoms in total. The Morgan fingerprint density at radius 3 is 2.41 bits per heavy atom. The molecule has 1 aromatic heterocycles. The lowest BCUT2D eigenvalue weighted by Crippen LogP contribution is -2.19. The molecule has 1 N–H and O–H groups in total. The van der Waals surface area contributed by atoms with Crippen molar-refractivity contribution >= 4 is 23.2 Å². The van der Waals surface area contributed by atoms with Gasteiger partial charge in [-0.3, -0.25) is 19.4 Å². The van der Waals surface area contributed by atoms with Crippen molar-refractivity contribution in [1.29, 1.82) is 0 Å². The zero-order valence-electron chi connectivity index (χ0n) is 12.4. The molecule has 22 heavy (non-hydrogen) atoms. The maximum atomic E-state index is 12.2. The fourth-order valence-electron chi connectivity index (χ4n) is 1.77. The first-order valence-electron chi connectivity index (χ1n) is 6.90. The Morgan fingerprint density at radius 2 is 1.77 bits per heavy atom. The summed E-state index contributed by atoms with van der Waals surface area (Å²) in [6.45, 7) is 3.55. The van der Waals surface area contributed by atoms with E-state index in [2.05, 4.69) is 10.3 Å². The summed E-state index contributed by atoms with van der Waals surface area (Å²) < 4.78 is 0. The smallest absolute Gasteiger partial charge is 0.251 e. The second-order valence-corrected chi connectivity index (χ2v) is 5.10. The third-order valence-electron chi connectivity index (χ3n) is 3.02. The van der Waals surface area contributed by atoms with E-state index in [9.17, 15) is 14.4 Å². The van der Waals surface area contributed by atoms with Crippen molar-refractivity contribution < 1.29 is 14.4 Å². The first kappa shape index (κ1) is 15.6. The third-order valence-corrected chi connectivity index (χ3v) is 3.02. The predicted octanol–water partition coefficient (Wildman–Crippen LogP) is 2.74. The molecule has 0 atom stereocenters. The molecule has 1 amide bonds. The summed E-state index contributed by atoms with van der Waals surface area (Å²) in [5.74, 6) is -1.65. The Kier molecular flexibility index (Phi) is 4.78. The van der Waals surface area contributed by atoms with Crippen LogP contribution in [0.5, 0.6) is 0 Å². The molecule has 0 unspecified atom stereocenters. The Hall–Kier alpha value is -2.82. The topological polar surface area (TPSA) is 76.1 Å². The summed E-state index contributed by atoms with van der Waals surface area (Å²) in [5.41, 5.74) is 0.805. The highest BCUT2D eigenvalue weighted by Gasteiger charge is 2.19. The summed E-state index contributed by atoms with van der Waals surface area (Å²) in [6.07, 6.45) is 1.46. The number of pyridine rings is 1. The van der Waals surface area contributed by atoms with Gasteiger partial charge in [0.05, 0.1) is 0 Å². The molecule has 1 aromatic carbocycles. The van der Waals surface area contributed by atoms with E-state index in [-0.39, 0.29) is 23.1 Å². The summed E-state index contributed by atoms with van der Waals surface area (Å²) >= 11 is 0. The van der Waals surface area contributed by atoms with Gasteiger partial charge in [0.25, 0.3) is 5.78 Å². The fourth-order valence-corrected chi connectivity index (χ4v) is 1.77. The van der Waals surface area contributed by atoms with Crippen molar-refractivity contribution in [3.63, 3.8) is 0 Å². The number of nitrogens with one attached hydrogen (secondary N) is 1. The van der Waals surface area contributed by atoms with Crippen molar-refractivity contribution in [2.24, 2.45) is 5.92 Å². The van der Waals surface area contributed by atoms with Crippen LogP contribution in [0.4, 0.5) is 5.69 Å². The van der Waals surface area contributed by atoms with E-state index < -0.39 is 11.6 Å². The molecule has 112 valence electrons. The predicted molar refractivity (Wildman–Crippen MR) is 82.8 cm³/mol. The summed E-state index contributed by atoms with van der Waals surface area (Å²) in [5, 5.41) is 2.70. The zero-order valence-corrected chi connectivity index (χ0v) is 12.4. The maximum absolute atomic E-state index is 12.2. The first-order chi connectivity index (χ1) is 10.5. The number of carbonyl (C=O) groups excluding carboxylic acids is 3. The molecule has 2 aromatic rings. The van der Waals surface area contributed by atoms with Gasteiger partial charge in [-0.25, -0.2) is 0 Å². The lowest BCUT2D eigenvalue weighted by molar-refractivity contribution is -0.118. The van der Waals surface area contributed by atoms with E-state index in [0.29, 0.717) is 5.69 Å². The van der Waals surface area contributed by atoms with E-state index in [1.807, 2.05) is 0 Å². The van der Waals surface area contributed by atoms with Gasteiger partial charge in [-0.2, -0.15) is 0 Å². The minimum atomic E-state index is -0.673. The first-order valence-corrected chi connectivity index (χ1v) is 6.90. The van der Waals surface area contributed by atoms with Crippen molar-refractivity contribution in [2.45, 2.75) is 13.8 Å². The number of hydrogen-bond acceptors (Lipinski definition) is 4. The van der Waals surface area contributed by atoms with Crippen molar-refractivity contribution in [1.82, 2.24) is 4.98 Å². The molecule has 0 aliphatic rings. The van der Waals surface area contributed by atoms with Crippen LogP contribution in [-0.4, -0.2) is 22.5 Å². The number of hydrogen-bond donors (Lipinski definition) is 1. The molecular formula is C17H16N2O3. The van der Waals surface area contributed by atoms with Crippen LogP contribution < -0.4 is 5.32 Å². The highest BCUT2D eigenvalue weighted by Crippen LogP contribution is 2.14. The quantitative estimate of drug-likeness (QED) is 0.680. The van der Waals surface area contributed by atoms with E-state index in [1.54, 1.807) is 38.1 Å². The van der Waals surface area contributed by atoms with Gasteiger partial charge in [0.15, 0.2) is 0 Å². The minimum absolute atomic E-state index is 0.101. The van der Waals surface area contributed by atoms with Crippen LogP contribution in [0.3, 0.4) is 0 Å². The molecule has 0 fully saturated rings. The van der Waals surface area contributed by atoms with Gasteiger partial charge < -0.3 is 5.32 Å². The maximum Gasteiger partial charge on any atom is 0.251 e. The molecule has 0 bridgehead atoms. The molecule has 2 rings (SSSR count). The SMILES string of the molecule is CC(C)C(=O)Nc1cccc(C(=O)C(=O)c2ccccn2)c1. The standard InChI is InChI=1S/C17H16N2O3/c1-11(2)17(22)19-13-7-5-6-12(10-13)15(20)16(21)14-8-3-4-9-18-14/h3-11H,1-2H3,(H,19,22). The number of ketones is 2. The summed E-state index contributed by atoms with van der Waals surface area (Å²) in [7, 11) is 0. The van der Waals surface area contributed by atoms with Crippen LogP contribution in [0, 0.1) is 5.92 Å². The van der Waals surface area contributed by atoms with Gasteiger partial charge in [0.2, 0.25) is 11.7 Å². The number of Topliss-reactive ketones (excluding diaryl/α,β-unsaturated/α-hetero) is 2. The largest absolute Gasteiger partial charge is 0.326 e. The van der Waals surface area contributed by atoms with Crippen molar-refractivity contribution in [3.05, 3.63) is 59.9 Å². The van der Waals surface area contributed by atoms with Crippen molar-refractivity contribution in [3.8, 4) is 0 Å². The lowest BCUT2D eigenvalue weighted by Gasteiger charge is -2.08. The molecular weight excluding hydrogens is 280 g/mol. The van der Waals surface area contributed by atoms with Crippen LogP contribution in [0.25, 0.3) is 0 Å². The van der Waals surface area contributed by atoms with Gasteiger partial charge in [0, 0.05) is 23.4 Å². The number of rotatable bonds is 5. The third kappa shape index (κ3) is 3.63. The number of benzene rings is 1. The Labute approximate surface area is 128 Å². The number of carbonyl (C=O) groups is 3. The van der Waals surface area contributed by atoms with Gasteiger partial charge in [-0.15, -0.1) is 0 Å². The van der Waals surface area contributed by atoms with Crippen molar-refractivity contribution in [2.75, 3.05) is 5.32 Å².